The molecule has 1 aliphatic rings. The minimum Gasteiger partial charge on any atom is -0.394 e. The number of nitrogens with two attached hydrogens (primary N) is 1. The first-order valence-electron chi connectivity index (χ1n) is 5.83. The molecule has 0 saturated carbocycles. The summed E-state index contributed by atoms with van der Waals surface area (Å²) in [5.41, 5.74) is 6.23. The molecule has 0 radical (unpaired) electrons. The van der Waals surface area contributed by atoms with Crippen molar-refractivity contribution in [3.63, 3.8) is 0 Å². The molecule has 5 N–H and O–H groups in total. The van der Waals surface area contributed by atoms with Crippen LogP contribution in [0.3, 0.4) is 0 Å². The second-order valence-electron chi connectivity index (χ2n) is 4.45. The highest BCUT2D eigenvalue weighted by molar-refractivity contribution is 5.86. The molecule has 3 rings (SSSR count). The van der Waals surface area contributed by atoms with E-state index in [1.54, 1.807) is 16.8 Å². The van der Waals surface area contributed by atoms with Gasteiger partial charge in [0.15, 0.2) is 6.23 Å². The zero-order chi connectivity index (χ0) is 13.6. The maximum atomic E-state index is 9.98. The van der Waals surface area contributed by atoms with Gasteiger partial charge < -0.3 is 30.4 Å². The van der Waals surface area contributed by atoms with Gasteiger partial charge in [0.1, 0.15) is 36.1 Å². The third-order valence-corrected chi connectivity index (χ3v) is 3.33. The Hall–Kier alpha value is -1.74. The van der Waals surface area contributed by atoms with Gasteiger partial charge in [-0.2, -0.15) is 0 Å². The topological polar surface area (TPSA) is 127 Å². The van der Waals surface area contributed by atoms with Gasteiger partial charge in [-0.3, -0.25) is 0 Å². The second kappa shape index (κ2) is 4.42. The lowest BCUT2D eigenvalue weighted by Gasteiger charge is -2.17. The zero-order valence-electron chi connectivity index (χ0n) is 9.92. The van der Waals surface area contributed by atoms with Crippen LogP contribution in [0.25, 0.3) is 11.0 Å². The number of rotatable bonds is 2. The summed E-state index contributed by atoms with van der Waals surface area (Å²) in [6, 6.07) is 1.71. The van der Waals surface area contributed by atoms with Crippen LogP contribution >= 0.6 is 0 Å². The highest BCUT2D eigenvalue weighted by atomic mass is 16.6. The number of fused-ring (bicyclic) bond motifs is 1. The van der Waals surface area contributed by atoms with Crippen molar-refractivity contribution < 1.29 is 20.1 Å². The summed E-state index contributed by atoms with van der Waals surface area (Å²) in [7, 11) is 0. The molecule has 0 amide bonds. The molecule has 0 aromatic carbocycles. The largest absolute Gasteiger partial charge is 0.394 e. The van der Waals surface area contributed by atoms with Crippen molar-refractivity contribution in [3.05, 3.63) is 18.6 Å². The molecule has 1 saturated heterocycles. The van der Waals surface area contributed by atoms with E-state index in [2.05, 4.69) is 9.97 Å². The van der Waals surface area contributed by atoms with Crippen LogP contribution in [-0.2, 0) is 4.74 Å². The van der Waals surface area contributed by atoms with Crippen LogP contribution in [0, 0.1) is 0 Å². The number of hydrogen-bond donors (Lipinski definition) is 4. The van der Waals surface area contributed by atoms with Crippen LogP contribution in [-0.4, -0.2) is 54.8 Å². The molecule has 1 aliphatic heterocycles. The first kappa shape index (κ1) is 12.3. The zero-order valence-corrected chi connectivity index (χ0v) is 9.92. The molecule has 2 aromatic heterocycles. The standard InChI is InChI=1S/C11H14N4O4/c12-9-5-1-2-15(10(5)14-4-13-9)11-8(18)7(17)6(3-16)19-11/h1-2,4,6-8,11,16-18H,3H2,(H2,12,13,14)/t6-,7-,8-,11-/m0/s1. The predicted octanol–water partition coefficient (Wildman–Crippen LogP) is -1.38. The Bertz CT molecular complexity index is 601. The van der Waals surface area contributed by atoms with E-state index in [9.17, 15) is 10.2 Å². The van der Waals surface area contributed by atoms with Gasteiger partial charge in [-0.1, -0.05) is 0 Å². The fourth-order valence-corrected chi connectivity index (χ4v) is 2.31. The molecule has 4 atom stereocenters. The van der Waals surface area contributed by atoms with E-state index >= 15 is 0 Å². The van der Waals surface area contributed by atoms with Crippen molar-refractivity contribution in [1.29, 1.82) is 0 Å². The average molecular weight is 266 g/mol. The van der Waals surface area contributed by atoms with E-state index in [4.69, 9.17) is 15.6 Å². The Morgan fingerprint density at radius 2 is 2.11 bits per heavy atom. The maximum absolute atomic E-state index is 9.98. The summed E-state index contributed by atoms with van der Waals surface area (Å²) in [5, 5.41) is 29.4. The Morgan fingerprint density at radius 3 is 2.79 bits per heavy atom. The average Bonchev–Trinajstić information content (AvgIpc) is 2.94. The van der Waals surface area contributed by atoms with Crippen molar-refractivity contribution in [2.45, 2.75) is 24.5 Å². The monoisotopic (exact) mass is 266 g/mol. The summed E-state index contributed by atoms with van der Waals surface area (Å²) in [5.74, 6) is 0.329. The van der Waals surface area contributed by atoms with Crippen LogP contribution in [0.5, 0.6) is 0 Å². The number of nitrogen functional groups attached to an aromatic ring is 1. The van der Waals surface area contributed by atoms with Crippen LogP contribution in [0.15, 0.2) is 18.6 Å². The van der Waals surface area contributed by atoms with E-state index in [1.807, 2.05) is 0 Å². The summed E-state index contributed by atoms with van der Waals surface area (Å²) in [4.78, 5) is 7.97. The van der Waals surface area contributed by atoms with Gasteiger partial charge in [-0.15, -0.1) is 0 Å². The quantitative estimate of drug-likeness (QED) is 0.528. The smallest absolute Gasteiger partial charge is 0.164 e. The lowest BCUT2D eigenvalue weighted by molar-refractivity contribution is -0.0508. The molecular weight excluding hydrogens is 252 g/mol. The van der Waals surface area contributed by atoms with Gasteiger partial charge in [-0.05, 0) is 6.07 Å². The molecule has 0 spiro atoms. The third kappa shape index (κ3) is 1.77. The fourth-order valence-electron chi connectivity index (χ4n) is 2.31. The number of aliphatic hydroxyl groups is 3. The molecule has 8 nitrogen and oxygen atoms in total. The lowest BCUT2D eigenvalue weighted by Crippen LogP contribution is -2.33. The van der Waals surface area contributed by atoms with Crippen molar-refractivity contribution in [1.82, 2.24) is 14.5 Å². The van der Waals surface area contributed by atoms with Gasteiger partial charge >= 0.3 is 0 Å². The number of anilines is 1. The molecule has 19 heavy (non-hydrogen) atoms. The Balaban J connectivity index is 2.04. The van der Waals surface area contributed by atoms with E-state index in [-0.39, 0.29) is 6.61 Å². The number of aliphatic hydroxyl groups excluding tert-OH is 3. The number of hydrogen-bond acceptors (Lipinski definition) is 7. The Labute approximate surface area is 108 Å². The van der Waals surface area contributed by atoms with Crippen molar-refractivity contribution in [2.75, 3.05) is 12.3 Å². The SMILES string of the molecule is Nc1ncnc2c1ccn2[C@H]1O[C@@H](CO)[C@H](O)[C@@H]1O. The fraction of sp³-hybridized carbons (Fsp3) is 0.455. The highest BCUT2D eigenvalue weighted by Gasteiger charge is 2.43. The van der Waals surface area contributed by atoms with Gasteiger partial charge in [0, 0.05) is 6.20 Å². The van der Waals surface area contributed by atoms with Crippen LogP contribution in [0.2, 0.25) is 0 Å². The number of aromatic nitrogens is 3. The van der Waals surface area contributed by atoms with Gasteiger partial charge in [0.05, 0.1) is 12.0 Å². The summed E-state index contributed by atoms with van der Waals surface area (Å²) in [6.45, 7) is -0.370. The summed E-state index contributed by atoms with van der Waals surface area (Å²) in [6.07, 6.45) is -0.975. The third-order valence-electron chi connectivity index (χ3n) is 3.33. The van der Waals surface area contributed by atoms with Crippen LogP contribution < -0.4 is 5.73 Å². The molecule has 102 valence electrons. The first-order chi connectivity index (χ1) is 9.13. The predicted molar refractivity (Wildman–Crippen MR) is 64.9 cm³/mol. The van der Waals surface area contributed by atoms with Crippen molar-refractivity contribution in [3.8, 4) is 0 Å². The normalized spacial score (nSPS) is 31.1. The summed E-state index contributed by atoms with van der Waals surface area (Å²) >= 11 is 0. The molecule has 2 aromatic rings. The maximum Gasteiger partial charge on any atom is 0.164 e. The Morgan fingerprint density at radius 1 is 1.32 bits per heavy atom. The Kier molecular flexibility index (Phi) is 2.86. The molecule has 0 unspecified atom stereocenters. The second-order valence-corrected chi connectivity index (χ2v) is 4.45. The molecule has 0 aliphatic carbocycles. The van der Waals surface area contributed by atoms with Gasteiger partial charge in [0.25, 0.3) is 0 Å². The van der Waals surface area contributed by atoms with Gasteiger partial charge in [0.2, 0.25) is 0 Å². The highest BCUT2D eigenvalue weighted by Crippen LogP contribution is 2.32. The number of nitrogens with zero attached hydrogens (tertiary/aromatic N) is 3. The van der Waals surface area contributed by atoms with E-state index in [0.29, 0.717) is 16.9 Å². The van der Waals surface area contributed by atoms with E-state index in [1.165, 1.54) is 6.33 Å². The van der Waals surface area contributed by atoms with Crippen LogP contribution in [0.1, 0.15) is 6.23 Å². The van der Waals surface area contributed by atoms with Crippen molar-refractivity contribution in [2.24, 2.45) is 0 Å². The summed E-state index contributed by atoms with van der Waals surface area (Å²) < 4.78 is 7.01. The molecular formula is C11H14N4O4. The number of ether oxygens (including phenoxy) is 1. The minimum atomic E-state index is -1.15. The minimum absolute atomic E-state index is 0.329. The molecule has 3 heterocycles. The van der Waals surface area contributed by atoms with E-state index in [0.717, 1.165) is 0 Å². The van der Waals surface area contributed by atoms with Gasteiger partial charge in [-0.25, -0.2) is 9.97 Å². The molecule has 8 heteroatoms. The lowest BCUT2D eigenvalue weighted by atomic mass is 10.1. The van der Waals surface area contributed by atoms with Crippen LogP contribution in [0.4, 0.5) is 5.82 Å². The molecule has 1 fully saturated rings. The van der Waals surface area contributed by atoms with Crippen molar-refractivity contribution >= 4 is 16.9 Å². The van der Waals surface area contributed by atoms with E-state index < -0.39 is 24.5 Å². The molecule has 0 bridgehead atoms. The first-order valence-corrected chi connectivity index (χ1v) is 5.83.